The van der Waals surface area contributed by atoms with Crippen LogP contribution in [0.3, 0.4) is 0 Å². The molecule has 3 N–H and O–H groups in total. The lowest BCUT2D eigenvalue weighted by atomic mass is 10.0. The Morgan fingerprint density at radius 3 is 2.37 bits per heavy atom. The van der Waals surface area contributed by atoms with Gasteiger partial charge in [0.05, 0.1) is 43.1 Å². The van der Waals surface area contributed by atoms with E-state index in [0.29, 0.717) is 17.3 Å². The summed E-state index contributed by atoms with van der Waals surface area (Å²) in [5.74, 6) is 1.74. The van der Waals surface area contributed by atoms with Gasteiger partial charge in [0, 0.05) is 7.11 Å². The number of methoxy groups -OCH3 is 4. The van der Waals surface area contributed by atoms with E-state index in [1.54, 1.807) is 46.9 Å². The van der Waals surface area contributed by atoms with Gasteiger partial charge < -0.3 is 18.9 Å². The first-order chi connectivity index (χ1) is 14.4. The zero-order valence-corrected chi connectivity index (χ0v) is 20.1. The Morgan fingerprint density at radius 2 is 1.77 bits per heavy atom. The van der Waals surface area contributed by atoms with Gasteiger partial charge >= 0.3 is 0 Å². The molecule has 30 heavy (non-hydrogen) atoms. The SMILES string of the molecule is COC1=CC(/C=N/NC(=N)N/N=C/c2cc(Br)c(OC)c(OC)c2)=CC(Br)C1OC. The normalized spacial score (nSPS) is 18.7. The van der Waals surface area contributed by atoms with Crippen molar-refractivity contribution in [3.05, 3.63) is 45.7 Å². The van der Waals surface area contributed by atoms with Gasteiger partial charge in [-0.3, -0.25) is 5.41 Å². The average Bonchev–Trinajstić information content (AvgIpc) is 2.72. The number of nitrogens with one attached hydrogen (secondary N) is 3. The van der Waals surface area contributed by atoms with Crippen LogP contribution in [0.4, 0.5) is 0 Å². The maximum atomic E-state index is 7.84. The molecule has 1 aliphatic rings. The van der Waals surface area contributed by atoms with Crippen molar-refractivity contribution in [3.8, 4) is 11.5 Å². The Kier molecular flexibility index (Phi) is 9.34. The lowest BCUT2D eigenvalue weighted by Crippen LogP contribution is -2.30. The summed E-state index contributed by atoms with van der Waals surface area (Å²) in [4.78, 5) is -0.0492. The summed E-state index contributed by atoms with van der Waals surface area (Å²) < 4.78 is 22.0. The quantitative estimate of drug-likeness (QED) is 0.201. The molecule has 0 aromatic heterocycles. The highest BCUT2D eigenvalue weighted by atomic mass is 79.9. The lowest BCUT2D eigenvalue weighted by Gasteiger charge is -2.24. The zero-order chi connectivity index (χ0) is 22.1. The second-order valence-corrected chi connectivity index (χ2v) is 7.78. The molecule has 0 radical (unpaired) electrons. The number of hydrogen-bond acceptors (Lipinski definition) is 7. The Bertz CT molecular complexity index is 886. The molecule has 1 aromatic rings. The summed E-state index contributed by atoms with van der Waals surface area (Å²) in [6, 6.07) is 3.59. The minimum atomic E-state index is -0.203. The molecule has 2 atom stereocenters. The molecule has 1 aromatic carbocycles. The van der Waals surface area contributed by atoms with Crippen LogP contribution in [0, 0.1) is 5.41 Å². The highest BCUT2D eigenvalue weighted by Crippen LogP contribution is 2.35. The molecule has 2 unspecified atom stereocenters. The van der Waals surface area contributed by atoms with E-state index >= 15 is 0 Å². The van der Waals surface area contributed by atoms with Gasteiger partial charge in [-0.05, 0) is 45.3 Å². The largest absolute Gasteiger partial charge is 0.498 e. The molecule has 0 spiro atoms. The smallest absolute Gasteiger partial charge is 0.230 e. The van der Waals surface area contributed by atoms with Crippen molar-refractivity contribution in [2.24, 2.45) is 10.2 Å². The van der Waals surface area contributed by atoms with Crippen LogP contribution in [0.5, 0.6) is 11.5 Å². The number of nitrogens with zero attached hydrogens (tertiary/aromatic N) is 2. The summed E-state index contributed by atoms with van der Waals surface area (Å²) in [5, 5.41) is 15.9. The predicted molar refractivity (Wildman–Crippen MR) is 124 cm³/mol. The van der Waals surface area contributed by atoms with E-state index in [0.717, 1.165) is 15.6 Å². The fraction of sp³-hybridized carbons (Fsp3) is 0.316. The van der Waals surface area contributed by atoms with E-state index in [-0.39, 0.29) is 16.9 Å². The first-order valence-corrected chi connectivity index (χ1v) is 10.4. The van der Waals surface area contributed by atoms with Crippen molar-refractivity contribution >= 4 is 50.2 Å². The van der Waals surface area contributed by atoms with Gasteiger partial charge in [0.1, 0.15) is 11.9 Å². The molecule has 0 fully saturated rings. The molecule has 0 heterocycles. The van der Waals surface area contributed by atoms with Crippen molar-refractivity contribution in [2.45, 2.75) is 10.9 Å². The third kappa shape index (κ3) is 6.31. The van der Waals surface area contributed by atoms with Crippen LogP contribution in [0.1, 0.15) is 5.56 Å². The Labute approximate surface area is 191 Å². The van der Waals surface area contributed by atoms with Crippen LogP contribution < -0.4 is 20.3 Å². The maximum Gasteiger partial charge on any atom is 0.230 e. The summed E-state index contributed by atoms with van der Waals surface area (Å²) in [7, 11) is 6.33. The van der Waals surface area contributed by atoms with E-state index in [2.05, 4.69) is 52.9 Å². The molecule has 0 aliphatic heterocycles. The number of alkyl halides is 1. The second-order valence-electron chi connectivity index (χ2n) is 5.87. The molecule has 0 saturated carbocycles. The van der Waals surface area contributed by atoms with E-state index < -0.39 is 0 Å². The first-order valence-electron chi connectivity index (χ1n) is 8.66. The Hall–Kier alpha value is -2.37. The molecule has 9 nitrogen and oxygen atoms in total. The summed E-state index contributed by atoms with van der Waals surface area (Å²) >= 11 is 6.96. The van der Waals surface area contributed by atoms with E-state index in [4.69, 9.17) is 24.4 Å². The maximum absolute atomic E-state index is 7.84. The van der Waals surface area contributed by atoms with E-state index in [1.807, 2.05) is 18.2 Å². The second kappa shape index (κ2) is 11.7. The number of halogens is 2. The van der Waals surface area contributed by atoms with Gasteiger partial charge in [0.25, 0.3) is 0 Å². The average molecular weight is 545 g/mol. The minimum absolute atomic E-state index is 0.0492. The number of allylic oxidation sites excluding steroid dienone is 2. The molecule has 0 amide bonds. The van der Waals surface area contributed by atoms with Gasteiger partial charge in [0.15, 0.2) is 11.5 Å². The lowest BCUT2D eigenvalue weighted by molar-refractivity contribution is 0.0838. The topological polar surface area (TPSA) is 110 Å². The Morgan fingerprint density at radius 1 is 1.07 bits per heavy atom. The third-order valence-corrected chi connectivity index (χ3v) is 5.29. The summed E-state index contributed by atoms with van der Waals surface area (Å²) in [6.07, 6.45) is 6.67. The van der Waals surface area contributed by atoms with Crippen LogP contribution in [0.2, 0.25) is 0 Å². The third-order valence-electron chi connectivity index (χ3n) is 3.96. The number of rotatable bonds is 8. The van der Waals surface area contributed by atoms with Crippen molar-refractivity contribution < 1.29 is 18.9 Å². The fourth-order valence-electron chi connectivity index (χ4n) is 2.60. The molecule has 0 saturated heterocycles. The molecule has 11 heteroatoms. The summed E-state index contributed by atoms with van der Waals surface area (Å²) in [6.45, 7) is 0. The highest BCUT2D eigenvalue weighted by molar-refractivity contribution is 9.10. The molecule has 0 bridgehead atoms. The zero-order valence-electron chi connectivity index (χ0n) is 16.9. The molecular weight excluding hydrogens is 522 g/mol. The monoisotopic (exact) mass is 543 g/mol. The first kappa shape index (κ1) is 23.9. The number of benzene rings is 1. The summed E-state index contributed by atoms with van der Waals surface area (Å²) in [5.41, 5.74) is 6.67. The van der Waals surface area contributed by atoms with Crippen LogP contribution in [-0.4, -0.2) is 57.8 Å². The van der Waals surface area contributed by atoms with Gasteiger partial charge in [-0.25, -0.2) is 10.9 Å². The number of guanidine groups is 1. The molecule has 1 aliphatic carbocycles. The minimum Gasteiger partial charge on any atom is -0.498 e. The van der Waals surface area contributed by atoms with Gasteiger partial charge in [0.2, 0.25) is 5.96 Å². The van der Waals surface area contributed by atoms with Gasteiger partial charge in [-0.15, -0.1) is 0 Å². The van der Waals surface area contributed by atoms with Gasteiger partial charge in [-0.1, -0.05) is 22.0 Å². The number of ether oxygens (including phenoxy) is 4. The molecular formula is C19H23Br2N5O4. The fourth-order valence-corrected chi connectivity index (χ4v) is 4.01. The van der Waals surface area contributed by atoms with Crippen molar-refractivity contribution in [1.82, 2.24) is 10.9 Å². The Balaban J connectivity index is 1.93. The van der Waals surface area contributed by atoms with Crippen molar-refractivity contribution in [2.75, 3.05) is 28.4 Å². The van der Waals surface area contributed by atoms with Crippen molar-refractivity contribution in [3.63, 3.8) is 0 Å². The van der Waals surface area contributed by atoms with E-state index in [9.17, 15) is 0 Å². The highest BCUT2D eigenvalue weighted by Gasteiger charge is 2.26. The number of hydrogen-bond donors (Lipinski definition) is 3. The molecule has 2 rings (SSSR count). The van der Waals surface area contributed by atoms with Crippen LogP contribution in [-0.2, 0) is 9.47 Å². The van der Waals surface area contributed by atoms with Crippen LogP contribution >= 0.6 is 31.9 Å². The van der Waals surface area contributed by atoms with Gasteiger partial charge in [-0.2, -0.15) is 10.2 Å². The predicted octanol–water partition coefficient (Wildman–Crippen LogP) is 3.15. The van der Waals surface area contributed by atoms with E-state index in [1.165, 1.54) is 0 Å². The van der Waals surface area contributed by atoms with Crippen LogP contribution in [0.25, 0.3) is 0 Å². The number of hydrazone groups is 2. The molecule has 162 valence electrons. The van der Waals surface area contributed by atoms with Crippen LogP contribution in [0.15, 0.2) is 50.3 Å². The van der Waals surface area contributed by atoms with Crippen molar-refractivity contribution in [1.29, 1.82) is 5.41 Å². The standard InChI is InChI=1S/C19H23Br2N5O4/c1-27-15-7-11(5-13(20)17(15)29-3)9-23-25-19(22)26-24-10-12-6-14(21)18(30-4)16(8-12)28-2/h5-10,13,17H,1-4H3,(H3,22,25,26)/b23-9+,24-10+.